The second-order valence-electron chi connectivity index (χ2n) is 4.44. The highest BCUT2D eigenvalue weighted by Gasteiger charge is 2.22. The van der Waals surface area contributed by atoms with Crippen molar-refractivity contribution in [3.05, 3.63) is 0 Å². The highest BCUT2D eigenvalue weighted by Crippen LogP contribution is 2.05. The minimum atomic E-state index is -0.405. The molecular formula is C11H22N4O2. The summed E-state index contributed by atoms with van der Waals surface area (Å²) in [4.78, 5) is 26.5. The molecule has 1 aliphatic rings. The molecule has 0 radical (unpaired) electrons. The molecule has 2 amide bonds. The van der Waals surface area contributed by atoms with E-state index in [9.17, 15) is 9.59 Å². The summed E-state index contributed by atoms with van der Waals surface area (Å²) in [7, 11) is 0. The number of hydrogen-bond acceptors (Lipinski definition) is 4. The normalized spacial score (nSPS) is 19.8. The van der Waals surface area contributed by atoms with Gasteiger partial charge in [0.1, 0.15) is 0 Å². The summed E-state index contributed by atoms with van der Waals surface area (Å²) in [5.74, 6) is -0.316. The maximum Gasteiger partial charge on any atom is 0.239 e. The summed E-state index contributed by atoms with van der Waals surface area (Å²) in [5.41, 5.74) is 10.9. The lowest BCUT2D eigenvalue weighted by Crippen LogP contribution is -2.45. The zero-order valence-corrected chi connectivity index (χ0v) is 10.4. The Morgan fingerprint density at radius 3 is 2.53 bits per heavy atom. The fraction of sp³-hybridized carbons (Fsp3) is 0.818. The van der Waals surface area contributed by atoms with Crippen LogP contribution < -0.4 is 11.5 Å². The van der Waals surface area contributed by atoms with Gasteiger partial charge in [0, 0.05) is 26.2 Å². The molecule has 0 unspecified atom stereocenters. The molecule has 17 heavy (non-hydrogen) atoms. The molecule has 6 nitrogen and oxygen atoms in total. The summed E-state index contributed by atoms with van der Waals surface area (Å²) >= 11 is 0. The second kappa shape index (κ2) is 6.56. The fourth-order valence-corrected chi connectivity index (χ4v) is 1.98. The van der Waals surface area contributed by atoms with Gasteiger partial charge >= 0.3 is 0 Å². The lowest BCUT2D eigenvalue weighted by molar-refractivity contribution is -0.132. The van der Waals surface area contributed by atoms with Gasteiger partial charge in [0.25, 0.3) is 0 Å². The monoisotopic (exact) mass is 242 g/mol. The van der Waals surface area contributed by atoms with Crippen molar-refractivity contribution >= 4 is 11.8 Å². The second-order valence-corrected chi connectivity index (χ2v) is 4.44. The third kappa shape index (κ3) is 4.32. The van der Waals surface area contributed by atoms with Crippen molar-refractivity contribution in [2.45, 2.75) is 25.8 Å². The molecule has 1 heterocycles. The minimum absolute atomic E-state index is 0.00780. The van der Waals surface area contributed by atoms with Crippen LogP contribution in [0.3, 0.4) is 0 Å². The van der Waals surface area contributed by atoms with Crippen LogP contribution in [0.2, 0.25) is 0 Å². The Hall–Kier alpha value is -1.14. The van der Waals surface area contributed by atoms with Gasteiger partial charge in [-0.25, -0.2) is 0 Å². The van der Waals surface area contributed by atoms with E-state index in [1.165, 1.54) is 0 Å². The Balaban J connectivity index is 2.47. The van der Waals surface area contributed by atoms with E-state index in [0.29, 0.717) is 26.1 Å². The molecule has 1 aliphatic heterocycles. The van der Waals surface area contributed by atoms with Crippen LogP contribution in [0, 0.1) is 0 Å². The molecule has 0 aromatic rings. The van der Waals surface area contributed by atoms with Crippen molar-refractivity contribution in [2.24, 2.45) is 11.5 Å². The van der Waals surface area contributed by atoms with Gasteiger partial charge in [-0.2, -0.15) is 0 Å². The first-order valence-corrected chi connectivity index (χ1v) is 6.09. The summed E-state index contributed by atoms with van der Waals surface area (Å²) in [6, 6.07) is -0.405. The van der Waals surface area contributed by atoms with Crippen LogP contribution in [-0.4, -0.2) is 60.4 Å². The average molecular weight is 242 g/mol. The van der Waals surface area contributed by atoms with E-state index >= 15 is 0 Å². The van der Waals surface area contributed by atoms with Crippen molar-refractivity contribution in [3.8, 4) is 0 Å². The quantitative estimate of drug-likeness (QED) is 0.644. The molecule has 0 aromatic heterocycles. The van der Waals surface area contributed by atoms with E-state index in [1.807, 2.05) is 11.8 Å². The van der Waals surface area contributed by atoms with Crippen LogP contribution in [0.1, 0.15) is 19.8 Å². The number of carbonyl (C=O) groups excluding carboxylic acids is 2. The molecule has 0 spiro atoms. The van der Waals surface area contributed by atoms with Crippen LogP contribution in [0.4, 0.5) is 0 Å². The van der Waals surface area contributed by atoms with E-state index in [-0.39, 0.29) is 18.4 Å². The predicted octanol–water partition coefficient (Wildman–Crippen LogP) is -1.26. The van der Waals surface area contributed by atoms with Gasteiger partial charge in [0.15, 0.2) is 0 Å². The van der Waals surface area contributed by atoms with Crippen molar-refractivity contribution in [1.29, 1.82) is 0 Å². The summed E-state index contributed by atoms with van der Waals surface area (Å²) in [6.45, 7) is 4.99. The van der Waals surface area contributed by atoms with Gasteiger partial charge < -0.3 is 16.4 Å². The van der Waals surface area contributed by atoms with E-state index in [1.54, 1.807) is 4.90 Å². The molecule has 0 aromatic carbocycles. The van der Waals surface area contributed by atoms with E-state index in [4.69, 9.17) is 11.5 Å². The molecule has 4 N–H and O–H groups in total. The first-order chi connectivity index (χ1) is 8.04. The molecule has 1 rings (SSSR count). The standard InChI is InChI=1S/C11H22N4O2/c1-2-9(12)11(17)15-5-3-4-14(6-7-15)8-10(13)16/h9H,2-8,12H2,1H3,(H2,13,16)/t9-/m1/s1. The third-order valence-electron chi connectivity index (χ3n) is 3.04. The van der Waals surface area contributed by atoms with Crippen LogP contribution >= 0.6 is 0 Å². The van der Waals surface area contributed by atoms with E-state index < -0.39 is 6.04 Å². The van der Waals surface area contributed by atoms with Crippen LogP contribution in [0.15, 0.2) is 0 Å². The predicted molar refractivity (Wildman–Crippen MR) is 65.1 cm³/mol. The Labute approximate surface area is 102 Å². The van der Waals surface area contributed by atoms with Crippen molar-refractivity contribution in [2.75, 3.05) is 32.7 Å². The minimum Gasteiger partial charge on any atom is -0.369 e. The van der Waals surface area contributed by atoms with Crippen molar-refractivity contribution in [1.82, 2.24) is 9.80 Å². The van der Waals surface area contributed by atoms with Crippen LogP contribution in [-0.2, 0) is 9.59 Å². The lowest BCUT2D eigenvalue weighted by atomic mass is 10.2. The van der Waals surface area contributed by atoms with Crippen molar-refractivity contribution in [3.63, 3.8) is 0 Å². The Bertz CT molecular complexity index is 283. The van der Waals surface area contributed by atoms with Gasteiger partial charge in [0.2, 0.25) is 11.8 Å². The molecule has 98 valence electrons. The largest absolute Gasteiger partial charge is 0.369 e. The van der Waals surface area contributed by atoms with Gasteiger partial charge in [-0.1, -0.05) is 6.92 Å². The molecule has 0 bridgehead atoms. The van der Waals surface area contributed by atoms with Crippen molar-refractivity contribution < 1.29 is 9.59 Å². The zero-order chi connectivity index (χ0) is 12.8. The number of amides is 2. The molecule has 1 saturated heterocycles. The Morgan fingerprint density at radius 1 is 1.24 bits per heavy atom. The van der Waals surface area contributed by atoms with Gasteiger partial charge in [-0.15, -0.1) is 0 Å². The highest BCUT2D eigenvalue weighted by molar-refractivity contribution is 5.81. The number of hydrogen-bond donors (Lipinski definition) is 2. The maximum atomic E-state index is 11.9. The fourth-order valence-electron chi connectivity index (χ4n) is 1.98. The van der Waals surface area contributed by atoms with Gasteiger partial charge in [-0.05, 0) is 12.8 Å². The summed E-state index contributed by atoms with van der Waals surface area (Å²) in [5, 5.41) is 0. The first-order valence-electron chi connectivity index (χ1n) is 6.09. The number of carbonyl (C=O) groups is 2. The van der Waals surface area contributed by atoms with Crippen LogP contribution in [0.5, 0.6) is 0 Å². The zero-order valence-electron chi connectivity index (χ0n) is 10.4. The number of nitrogens with zero attached hydrogens (tertiary/aromatic N) is 2. The summed E-state index contributed by atoms with van der Waals surface area (Å²) in [6.07, 6.45) is 1.51. The number of rotatable bonds is 4. The Kier molecular flexibility index (Phi) is 5.37. The summed E-state index contributed by atoms with van der Waals surface area (Å²) < 4.78 is 0. The van der Waals surface area contributed by atoms with Gasteiger partial charge in [-0.3, -0.25) is 14.5 Å². The highest BCUT2D eigenvalue weighted by atomic mass is 16.2. The molecule has 0 aliphatic carbocycles. The molecule has 1 atom stereocenters. The van der Waals surface area contributed by atoms with E-state index in [0.717, 1.165) is 13.0 Å². The number of nitrogens with two attached hydrogens (primary N) is 2. The SMILES string of the molecule is CC[C@@H](N)C(=O)N1CCCN(CC(N)=O)CC1. The molecule has 0 saturated carbocycles. The lowest BCUT2D eigenvalue weighted by Gasteiger charge is -2.23. The van der Waals surface area contributed by atoms with Crippen LogP contribution in [0.25, 0.3) is 0 Å². The van der Waals surface area contributed by atoms with Gasteiger partial charge in [0.05, 0.1) is 12.6 Å². The average Bonchev–Trinajstić information content (AvgIpc) is 2.52. The molecule has 6 heteroatoms. The first kappa shape index (κ1) is 13.9. The topological polar surface area (TPSA) is 92.7 Å². The Morgan fingerprint density at radius 2 is 1.94 bits per heavy atom. The smallest absolute Gasteiger partial charge is 0.239 e. The maximum absolute atomic E-state index is 11.9. The van der Waals surface area contributed by atoms with E-state index in [2.05, 4.69) is 0 Å². The number of primary amides is 1. The molecule has 1 fully saturated rings. The third-order valence-corrected chi connectivity index (χ3v) is 3.04. The molecular weight excluding hydrogens is 220 g/mol.